The van der Waals surface area contributed by atoms with Crippen LogP contribution >= 0.6 is 0 Å². The molecule has 0 unspecified atom stereocenters. The molecule has 0 saturated carbocycles. The van der Waals surface area contributed by atoms with Gasteiger partial charge < -0.3 is 5.32 Å². The van der Waals surface area contributed by atoms with Gasteiger partial charge in [0.2, 0.25) is 0 Å². The normalized spacial score (nSPS) is 18.4. The van der Waals surface area contributed by atoms with Crippen LogP contribution in [0.15, 0.2) is 23.8 Å². The fourth-order valence-electron chi connectivity index (χ4n) is 3.69. The molecule has 1 aromatic carbocycles. The molecule has 1 N–H and O–H groups in total. The number of carbonyl (C=O) groups is 1. The standard InChI is InChI=1S/C21H24N4O3S/c1-13-6-5-7-14(2)20(13)23-21(26)17(11-22)10-19-15(3)24-25(16(19)4)18-8-9-29(27,28)12-18/h5-7,10,18H,8-9,12H2,1-4H3,(H,23,26)/b17-10+/t18-/m0/s1. The first-order chi connectivity index (χ1) is 13.6. The molecule has 2 aromatic rings. The number of hydrogen-bond donors (Lipinski definition) is 1. The predicted octanol–water partition coefficient (Wildman–Crippen LogP) is 3.02. The molecule has 29 heavy (non-hydrogen) atoms. The summed E-state index contributed by atoms with van der Waals surface area (Å²) in [5.74, 6) is -0.265. The summed E-state index contributed by atoms with van der Waals surface area (Å²) in [5.41, 5.74) is 4.56. The van der Waals surface area contributed by atoms with Gasteiger partial charge >= 0.3 is 0 Å². The Kier molecular flexibility index (Phi) is 5.62. The van der Waals surface area contributed by atoms with Crippen LogP contribution in [0.5, 0.6) is 0 Å². The van der Waals surface area contributed by atoms with Gasteiger partial charge in [-0.3, -0.25) is 9.48 Å². The van der Waals surface area contributed by atoms with Crippen LogP contribution in [-0.4, -0.2) is 35.6 Å². The van der Waals surface area contributed by atoms with E-state index in [4.69, 9.17) is 0 Å². The van der Waals surface area contributed by atoms with Crippen LogP contribution < -0.4 is 5.32 Å². The Morgan fingerprint density at radius 3 is 2.48 bits per heavy atom. The Labute approximate surface area is 171 Å². The van der Waals surface area contributed by atoms with E-state index in [1.54, 1.807) is 11.6 Å². The summed E-state index contributed by atoms with van der Waals surface area (Å²) in [6.07, 6.45) is 2.05. The van der Waals surface area contributed by atoms with Crippen molar-refractivity contribution in [3.63, 3.8) is 0 Å². The van der Waals surface area contributed by atoms with Gasteiger partial charge in [-0.2, -0.15) is 10.4 Å². The predicted molar refractivity (Wildman–Crippen MR) is 112 cm³/mol. The maximum Gasteiger partial charge on any atom is 0.266 e. The van der Waals surface area contributed by atoms with Crippen molar-refractivity contribution >= 4 is 27.5 Å². The van der Waals surface area contributed by atoms with Crippen LogP contribution in [0.3, 0.4) is 0 Å². The summed E-state index contributed by atoms with van der Waals surface area (Å²) in [6, 6.07) is 7.46. The molecule has 0 radical (unpaired) electrons. The molecular formula is C21H24N4O3S. The van der Waals surface area contributed by atoms with Gasteiger partial charge in [-0.25, -0.2) is 8.42 Å². The molecule has 152 valence electrons. The topological polar surface area (TPSA) is 105 Å². The van der Waals surface area contributed by atoms with Gasteiger partial charge in [0.05, 0.1) is 23.2 Å². The van der Waals surface area contributed by atoms with Gasteiger partial charge in [-0.05, 0) is 51.3 Å². The number of amides is 1. The van der Waals surface area contributed by atoms with E-state index in [0.717, 1.165) is 16.8 Å². The second-order valence-corrected chi connectivity index (χ2v) is 9.71. The largest absolute Gasteiger partial charge is 0.321 e. The molecule has 1 amide bonds. The maximum absolute atomic E-state index is 12.7. The Hall–Kier alpha value is -2.92. The van der Waals surface area contributed by atoms with E-state index in [0.29, 0.717) is 23.4 Å². The second kappa shape index (κ2) is 7.84. The van der Waals surface area contributed by atoms with E-state index in [1.807, 2.05) is 45.0 Å². The van der Waals surface area contributed by atoms with Crippen LogP contribution in [-0.2, 0) is 14.6 Å². The van der Waals surface area contributed by atoms with E-state index >= 15 is 0 Å². The van der Waals surface area contributed by atoms with Crippen LogP contribution in [0.25, 0.3) is 6.08 Å². The Balaban J connectivity index is 1.92. The first kappa shape index (κ1) is 20.8. The third-order valence-electron chi connectivity index (χ3n) is 5.31. The Bertz CT molecular complexity index is 1130. The number of nitrogens with one attached hydrogen (secondary N) is 1. The zero-order chi connectivity index (χ0) is 21.3. The fourth-order valence-corrected chi connectivity index (χ4v) is 5.39. The van der Waals surface area contributed by atoms with E-state index in [9.17, 15) is 18.5 Å². The lowest BCUT2D eigenvalue weighted by molar-refractivity contribution is -0.112. The van der Waals surface area contributed by atoms with Gasteiger partial charge in [-0.15, -0.1) is 0 Å². The van der Waals surface area contributed by atoms with Crippen molar-refractivity contribution < 1.29 is 13.2 Å². The van der Waals surface area contributed by atoms with Crippen molar-refractivity contribution in [1.82, 2.24) is 9.78 Å². The molecular weight excluding hydrogens is 388 g/mol. The van der Waals surface area contributed by atoms with E-state index in [2.05, 4.69) is 10.4 Å². The minimum atomic E-state index is -3.04. The molecule has 8 heteroatoms. The molecule has 1 aliphatic heterocycles. The number of aromatic nitrogens is 2. The Morgan fingerprint density at radius 1 is 1.28 bits per heavy atom. The molecule has 0 bridgehead atoms. The number of anilines is 1. The summed E-state index contributed by atoms with van der Waals surface area (Å²) >= 11 is 0. The van der Waals surface area contributed by atoms with E-state index in [1.165, 1.54) is 6.08 Å². The fraction of sp³-hybridized carbons (Fsp3) is 0.381. The summed E-state index contributed by atoms with van der Waals surface area (Å²) in [5, 5.41) is 16.9. The SMILES string of the molecule is Cc1cccc(C)c1NC(=O)/C(C#N)=C/c1c(C)nn([C@H]2CCS(=O)(=O)C2)c1C. The van der Waals surface area contributed by atoms with Crippen LogP contribution in [0.1, 0.15) is 40.5 Å². The number of hydrogen-bond acceptors (Lipinski definition) is 5. The maximum atomic E-state index is 12.7. The highest BCUT2D eigenvalue weighted by molar-refractivity contribution is 7.91. The van der Waals surface area contributed by atoms with Crippen molar-refractivity contribution in [2.24, 2.45) is 0 Å². The molecule has 0 aliphatic carbocycles. The molecule has 3 rings (SSSR count). The quantitative estimate of drug-likeness (QED) is 0.614. The van der Waals surface area contributed by atoms with Crippen molar-refractivity contribution in [3.8, 4) is 6.07 Å². The van der Waals surface area contributed by atoms with Gasteiger partial charge in [-0.1, -0.05) is 18.2 Å². The second-order valence-electron chi connectivity index (χ2n) is 7.48. The molecule has 7 nitrogen and oxygen atoms in total. The van der Waals surface area contributed by atoms with Crippen molar-refractivity contribution in [2.45, 2.75) is 40.2 Å². The van der Waals surface area contributed by atoms with Gasteiger partial charge in [0.25, 0.3) is 5.91 Å². The average Bonchev–Trinajstić information content (AvgIpc) is 3.15. The van der Waals surface area contributed by atoms with Gasteiger partial charge in [0.15, 0.2) is 9.84 Å². The van der Waals surface area contributed by atoms with E-state index < -0.39 is 15.7 Å². The lowest BCUT2D eigenvalue weighted by Gasteiger charge is -2.11. The molecule has 2 heterocycles. The van der Waals surface area contributed by atoms with Crippen molar-refractivity contribution in [2.75, 3.05) is 16.8 Å². The van der Waals surface area contributed by atoms with Crippen molar-refractivity contribution in [1.29, 1.82) is 5.26 Å². The highest BCUT2D eigenvalue weighted by Crippen LogP contribution is 2.28. The average molecular weight is 413 g/mol. The lowest BCUT2D eigenvalue weighted by Crippen LogP contribution is -2.15. The number of rotatable bonds is 4. The van der Waals surface area contributed by atoms with Crippen molar-refractivity contribution in [3.05, 3.63) is 51.9 Å². The number of nitriles is 1. The highest BCUT2D eigenvalue weighted by Gasteiger charge is 2.31. The number of nitrogens with zero attached hydrogens (tertiary/aromatic N) is 3. The number of para-hydroxylation sites is 1. The summed E-state index contributed by atoms with van der Waals surface area (Å²) in [6.45, 7) is 7.41. The first-order valence-electron chi connectivity index (χ1n) is 9.38. The number of benzene rings is 1. The molecule has 1 aromatic heterocycles. The molecule has 1 fully saturated rings. The zero-order valence-electron chi connectivity index (χ0n) is 17.0. The summed E-state index contributed by atoms with van der Waals surface area (Å²) in [4.78, 5) is 12.7. The third-order valence-corrected chi connectivity index (χ3v) is 7.06. The lowest BCUT2D eigenvalue weighted by atomic mass is 10.1. The summed E-state index contributed by atoms with van der Waals surface area (Å²) in [7, 11) is -3.04. The van der Waals surface area contributed by atoms with Crippen LogP contribution in [0, 0.1) is 39.0 Å². The zero-order valence-corrected chi connectivity index (χ0v) is 17.8. The van der Waals surface area contributed by atoms with Crippen LogP contribution in [0.4, 0.5) is 5.69 Å². The number of aryl methyl sites for hydroxylation is 3. The molecule has 1 atom stereocenters. The van der Waals surface area contributed by atoms with Crippen LogP contribution in [0.2, 0.25) is 0 Å². The molecule has 0 spiro atoms. The monoisotopic (exact) mass is 412 g/mol. The Morgan fingerprint density at radius 2 is 1.93 bits per heavy atom. The first-order valence-corrected chi connectivity index (χ1v) is 11.2. The minimum Gasteiger partial charge on any atom is -0.321 e. The van der Waals surface area contributed by atoms with E-state index in [-0.39, 0.29) is 23.1 Å². The third kappa shape index (κ3) is 4.25. The summed E-state index contributed by atoms with van der Waals surface area (Å²) < 4.78 is 25.3. The molecule has 1 saturated heterocycles. The van der Waals surface area contributed by atoms with Gasteiger partial charge in [0, 0.05) is 16.9 Å². The van der Waals surface area contributed by atoms with Gasteiger partial charge in [0.1, 0.15) is 11.6 Å². The highest BCUT2D eigenvalue weighted by atomic mass is 32.2. The molecule has 1 aliphatic rings. The minimum absolute atomic E-state index is 0.0301. The number of sulfone groups is 1. The smallest absolute Gasteiger partial charge is 0.266 e. The number of carbonyl (C=O) groups excluding carboxylic acids is 1.